The zero-order chi connectivity index (χ0) is 28.6. The quantitative estimate of drug-likeness (QED) is 0.442. The molecule has 3 aromatic carbocycles. The van der Waals surface area contributed by atoms with Crippen LogP contribution in [0.15, 0.2) is 77.7 Å². The summed E-state index contributed by atoms with van der Waals surface area (Å²) in [5.74, 6) is -0.860. The van der Waals surface area contributed by atoms with Crippen molar-refractivity contribution in [1.82, 2.24) is 19.0 Å². The van der Waals surface area contributed by atoms with Gasteiger partial charge in [0.15, 0.2) is 0 Å². The number of nitrogens with zero attached hydrogens (tertiary/aromatic N) is 4. The molecule has 0 aliphatic carbocycles. The molecule has 3 saturated heterocycles. The van der Waals surface area contributed by atoms with Gasteiger partial charge in [-0.2, -0.15) is 4.31 Å². The molecular weight excluding hydrogens is 546 g/mol. The van der Waals surface area contributed by atoms with E-state index in [1.165, 1.54) is 30.3 Å². The van der Waals surface area contributed by atoms with Gasteiger partial charge >= 0.3 is 0 Å². The van der Waals surface area contributed by atoms with E-state index in [2.05, 4.69) is 9.80 Å². The van der Waals surface area contributed by atoms with Crippen molar-refractivity contribution >= 4 is 15.9 Å². The number of carbonyl (C=O) groups excluding carboxylic acids is 1. The number of amides is 1. The largest absolute Gasteiger partial charge is 0.336 e. The van der Waals surface area contributed by atoms with Gasteiger partial charge in [-0.15, -0.1) is 0 Å². The highest BCUT2D eigenvalue weighted by Crippen LogP contribution is 2.31. The molecule has 7 nitrogen and oxygen atoms in total. The molecule has 0 saturated carbocycles. The van der Waals surface area contributed by atoms with E-state index in [1.54, 1.807) is 51.7 Å². The molecule has 0 unspecified atom stereocenters. The van der Waals surface area contributed by atoms with Crippen molar-refractivity contribution in [3.05, 3.63) is 101 Å². The van der Waals surface area contributed by atoms with Gasteiger partial charge in [-0.3, -0.25) is 14.6 Å². The summed E-state index contributed by atoms with van der Waals surface area (Å²) >= 11 is 0. The zero-order valence-electron chi connectivity index (χ0n) is 22.8. The molecule has 1 atom stereocenters. The lowest BCUT2D eigenvalue weighted by atomic mass is 9.96. The first-order chi connectivity index (χ1) is 19.8. The summed E-state index contributed by atoms with van der Waals surface area (Å²) in [4.78, 5) is 20.0. The SMILES string of the molecule is O=C(c1cccc(S(=O)(=O)N2CCN3CCC[C@H]3C2)c1)N1CCN(C(c2ccc(F)cc2)c2ccc(F)cc2)CC1. The average Bonchev–Trinajstić information content (AvgIpc) is 3.48. The highest BCUT2D eigenvalue weighted by atomic mass is 32.2. The molecule has 10 heteroatoms. The lowest BCUT2D eigenvalue weighted by Crippen LogP contribution is -2.52. The fourth-order valence-electron chi connectivity index (χ4n) is 6.39. The first-order valence-corrected chi connectivity index (χ1v) is 15.6. The number of carbonyl (C=O) groups is 1. The van der Waals surface area contributed by atoms with E-state index in [1.807, 2.05) is 0 Å². The maximum atomic E-state index is 13.7. The normalized spacial score (nSPS) is 20.9. The van der Waals surface area contributed by atoms with Crippen LogP contribution < -0.4 is 0 Å². The Morgan fingerprint density at radius 2 is 1.41 bits per heavy atom. The average molecular weight is 581 g/mol. The number of hydrogen-bond donors (Lipinski definition) is 0. The van der Waals surface area contributed by atoms with Gasteiger partial charge in [0, 0.05) is 57.4 Å². The van der Waals surface area contributed by atoms with Crippen molar-refractivity contribution in [3.63, 3.8) is 0 Å². The Kier molecular flexibility index (Phi) is 7.91. The van der Waals surface area contributed by atoms with Crippen molar-refractivity contribution in [3.8, 4) is 0 Å². The van der Waals surface area contributed by atoms with E-state index in [9.17, 15) is 22.0 Å². The number of hydrogen-bond acceptors (Lipinski definition) is 5. The third-order valence-corrected chi connectivity index (χ3v) is 10.5. The molecule has 3 fully saturated rings. The van der Waals surface area contributed by atoms with Gasteiger partial charge in [0.1, 0.15) is 11.6 Å². The van der Waals surface area contributed by atoms with Crippen molar-refractivity contribution in [2.24, 2.45) is 0 Å². The van der Waals surface area contributed by atoms with Crippen molar-refractivity contribution in [2.45, 2.75) is 29.8 Å². The molecular formula is C31H34F2N4O3S. The van der Waals surface area contributed by atoms with E-state index in [-0.39, 0.29) is 34.5 Å². The minimum Gasteiger partial charge on any atom is -0.336 e. The Balaban J connectivity index is 1.16. The third-order valence-electron chi connectivity index (χ3n) is 8.61. The van der Waals surface area contributed by atoms with Crippen molar-refractivity contribution in [2.75, 3.05) is 52.4 Å². The molecule has 3 aliphatic heterocycles. The van der Waals surface area contributed by atoms with Crippen molar-refractivity contribution < 1.29 is 22.0 Å². The second-order valence-corrected chi connectivity index (χ2v) is 13.0. The molecule has 41 heavy (non-hydrogen) atoms. The van der Waals surface area contributed by atoms with E-state index in [4.69, 9.17) is 0 Å². The van der Waals surface area contributed by atoms with Gasteiger partial charge in [0.05, 0.1) is 10.9 Å². The van der Waals surface area contributed by atoms with Crippen molar-refractivity contribution in [1.29, 1.82) is 0 Å². The number of fused-ring (bicyclic) bond motifs is 1. The second kappa shape index (κ2) is 11.6. The highest BCUT2D eigenvalue weighted by Gasteiger charge is 2.37. The topological polar surface area (TPSA) is 64.2 Å². The Labute approximate surface area is 240 Å². The number of benzene rings is 3. The Hall–Kier alpha value is -3.18. The summed E-state index contributed by atoms with van der Waals surface area (Å²) in [6.07, 6.45) is 2.12. The predicted octanol–water partition coefficient (Wildman–Crippen LogP) is 3.98. The van der Waals surface area contributed by atoms with Crippen LogP contribution in [0.5, 0.6) is 0 Å². The Morgan fingerprint density at radius 3 is 2.05 bits per heavy atom. The van der Waals surface area contributed by atoms with Crippen LogP contribution in [0.1, 0.15) is 40.4 Å². The van der Waals surface area contributed by atoms with Gasteiger partial charge in [-0.25, -0.2) is 17.2 Å². The summed E-state index contributed by atoms with van der Waals surface area (Å²) < 4.78 is 55.9. The minimum atomic E-state index is -3.70. The first-order valence-electron chi connectivity index (χ1n) is 14.2. The van der Waals surface area contributed by atoms with E-state index < -0.39 is 10.0 Å². The first kappa shape index (κ1) is 28.0. The lowest BCUT2D eigenvalue weighted by Gasteiger charge is -2.40. The van der Waals surface area contributed by atoms with Gasteiger partial charge in [0.2, 0.25) is 10.0 Å². The smallest absolute Gasteiger partial charge is 0.253 e. The molecule has 0 radical (unpaired) electrons. The molecule has 0 aromatic heterocycles. The number of sulfonamides is 1. The summed E-state index contributed by atoms with van der Waals surface area (Å²) in [6, 6.07) is 19.0. The third kappa shape index (κ3) is 5.79. The summed E-state index contributed by atoms with van der Waals surface area (Å²) in [7, 11) is -3.70. The molecule has 1 amide bonds. The summed E-state index contributed by atoms with van der Waals surface area (Å²) in [5.41, 5.74) is 2.12. The fraction of sp³-hybridized carbons (Fsp3) is 0.387. The minimum absolute atomic E-state index is 0.154. The maximum absolute atomic E-state index is 13.7. The lowest BCUT2D eigenvalue weighted by molar-refractivity contribution is 0.0597. The van der Waals surface area contributed by atoms with E-state index in [0.29, 0.717) is 44.8 Å². The Morgan fingerprint density at radius 1 is 0.780 bits per heavy atom. The molecule has 0 N–H and O–H groups in total. The van der Waals surface area contributed by atoms with Gasteiger partial charge < -0.3 is 4.90 Å². The fourth-order valence-corrected chi connectivity index (χ4v) is 7.90. The van der Waals surface area contributed by atoms with Crippen LogP contribution in [0.3, 0.4) is 0 Å². The number of rotatable bonds is 6. The van der Waals surface area contributed by atoms with Crippen LogP contribution in [0, 0.1) is 11.6 Å². The van der Waals surface area contributed by atoms with Gasteiger partial charge in [0.25, 0.3) is 5.91 Å². The summed E-state index contributed by atoms with van der Waals surface area (Å²) in [6.45, 7) is 4.71. The molecule has 0 spiro atoms. The van der Waals surface area contributed by atoms with Crippen LogP contribution in [-0.2, 0) is 10.0 Å². The Bertz CT molecular complexity index is 1450. The monoisotopic (exact) mass is 580 g/mol. The summed E-state index contributed by atoms with van der Waals surface area (Å²) in [5, 5.41) is 0. The van der Waals surface area contributed by atoms with Gasteiger partial charge in [-0.05, 0) is 73.0 Å². The van der Waals surface area contributed by atoms with Crippen LogP contribution in [0.4, 0.5) is 8.78 Å². The standard InChI is InChI=1S/C31H34F2N4O3S/c32-26-10-6-23(7-11-26)30(24-8-12-27(33)13-9-24)35-15-17-36(18-16-35)31(38)25-3-1-5-29(21-25)41(39,40)37-20-19-34-14-2-4-28(34)22-37/h1,3,5-13,21,28,30H,2,4,14-20,22H2/t28-/m0/s1. The molecule has 0 bridgehead atoms. The highest BCUT2D eigenvalue weighted by molar-refractivity contribution is 7.89. The number of piperazine rings is 2. The molecule has 3 aromatic rings. The van der Waals surface area contributed by atoms with E-state index in [0.717, 1.165) is 37.1 Å². The molecule has 216 valence electrons. The maximum Gasteiger partial charge on any atom is 0.253 e. The van der Waals surface area contributed by atoms with Crippen LogP contribution >= 0.6 is 0 Å². The molecule has 3 heterocycles. The molecule has 3 aliphatic rings. The van der Waals surface area contributed by atoms with Gasteiger partial charge in [-0.1, -0.05) is 30.3 Å². The van der Waals surface area contributed by atoms with Crippen LogP contribution in [-0.4, -0.2) is 91.7 Å². The number of halogens is 2. The van der Waals surface area contributed by atoms with Crippen LogP contribution in [0.25, 0.3) is 0 Å². The zero-order valence-corrected chi connectivity index (χ0v) is 23.6. The van der Waals surface area contributed by atoms with Crippen LogP contribution in [0.2, 0.25) is 0 Å². The predicted molar refractivity (Wildman–Crippen MR) is 152 cm³/mol. The second-order valence-electron chi connectivity index (χ2n) is 11.1. The molecule has 6 rings (SSSR count). The van der Waals surface area contributed by atoms with E-state index >= 15 is 0 Å².